The molecule has 0 saturated carbocycles. The van der Waals surface area contributed by atoms with E-state index in [0.717, 1.165) is 57.9 Å². The fourth-order valence-electron chi connectivity index (χ4n) is 4.11. The van der Waals surface area contributed by atoms with Gasteiger partial charge in [0.25, 0.3) is 11.6 Å². The lowest BCUT2D eigenvalue weighted by molar-refractivity contribution is -0.384. The number of rotatable bonds is 7. The molecule has 0 bridgehead atoms. The Kier molecular flexibility index (Phi) is 7.25. The van der Waals surface area contributed by atoms with E-state index >= 15 is 0 Å². The molecule has 3 rings (SSSR count). The van der Waals surface area contributed by atoms with E-state index in [4.69, 9.17) is 0 Å². The summed E-state index contributed by atoms with van der Waals surface area (Å²) in [5.41, 5.74) is 1.01. The normalized spacial score (nSPS) is 18.8. The zero-order valence-corrected chi connectivity index (χ0v) is 16.9. The third-order valence-corrected chi connectivity index (χ3v) is 5.94. The second-order valence-corrected chi connectivity index (χ2v) is 8.14. The van der Waals surface area contributed by atoms with Gasteiger partial charge in [-0.3, -0.25) is 14.9 Å². The first-order valence-electron chi connectivity index (χ1n) is 10.6. The van der Waals surface area contributed by atoms with Crippen molar-refractivity contribution >= 4 is 17.3 Å². The maximum Gasteiger partial charge on any atom is 0.293 e. The van der Waals surface area contributed by atoms with Crippen molar-refractivity contribution in [3.05, 3.63) is 33.9 Å². The van der Waals surface area contributed by atoms with Gasteiger partial charge < -0.3 is 15.1 Å². The van der Waals surface area contributed by atoms with Crippen LogP contribution in [-0.2, 0) is 0 Å². The standard InChI is InChI=1S/C21H32N4O3/c1-17-8-14-23(15-9-17)11-5-10-22-21(26)18-6-7-19(20(16-18)25(27)28)24-12-3-2-4-13-24/h6-7,16-17H,2-5,8-15H2,1H3,(H,22,26). The number of carbonyl (C=O) groups excluding carboxylic acids is 1. The summed E-state index contributed by atoms with van der Waals surface area (Å²) < 4.78 is 0. The van der Waals surface area contributed by atoms with Gasteiger partial charge in [-0.2, -0.15) is 0 Å². The quantitative estimate of drug-likeness (QED) is 0.440. The molecule has 0 atom stereocenters. The molecule has 2 heterocycles. The first-order chi connectivity index (χ1) is 13.5. The smallest absolute Gasteiger partial charge is 0.293 e. The Labute approximate surface area is 167 Å². The van der Waals surface area contributed by atoms with Crippen LogP contribution in [-0.4, -0.2) is 55.0 Å². The molecule has 0 unspecified atom stereocenters. The van der Waals surface area contributed by atoms with Crippen molar-refractivity contribution in [1.82, 2.24) is 10.2 Å². The summed E-state index contributed by atoms with van der Waals surface area (Å²) in [7, 11) is 0. The van der Waals surface area contributed by atoms with Gasteiger partial charge >= 0.3 is 0 Å². The average Bonchev–Trinajstić information content (AvgIpc) is 2.72. The van der Waals surface area contributed by atoms with Crippen LogP contribution in [0.3, 0.4) is 0 Å². The number of nitrogens with zero attached hydrogens (tertiary/aromatic N) is 3. The predicted octanol–water partition coefficient (Wildman–Crippen LogP) is 3.44. The van der Waals surface area contributed by atoms with Crippen molar-refractivity contribution in [3.8, 4) is 0 Å². The lowest BCUT2D eigenvalue weighted by Crippen LogP contribution is -2.35. The van der Waals surface area contributed by atoms with Gasteiger partial charge in [-0.15, -0.1) is 0 Å². The minimum atomic E-state index is -0.377. The first-order valence-corrected chi connectivity index (χ1v) is 10.6. The molecular weight excluding hydrogens is 356 g/mol. The Morgan fingerprint density at radius 3 is 2.57 bits per heavy atom. The summed E-state index contributed by atoms with van der Waals surface area (Å²) in [6.07, 6.45) is 6.67. The number of nitro groups is 1. The highest BCUT2D eigenvalue weighted by atomic mass is 16.6. The first kappa shape index (κ1) is 20.6. The van der Waals surface area contributed by atoms with Gasteiger partial charge in [-0.1, -0.05) is 6.92 Å². The summed E-state index contributed by atoms with van der Waals surface area (Å²) >= 11 is 0. The third-order valence-electron chi connectivity index (χ3n) is 5.94. The Morgan fingerprint density at radius 1 is 1.18 bits per heavy atom. The molecule has 2 aliphatic heterocycles. The van der Waals surface area contributed by atoms with Crippen molar-refractivity contribution in [1.29, 1.82) is 0 Å². The highest BCUT2D eigenvalue weighted by Crippen LogP contribution is 2.31. The Hall–Kier alpha value is -2.15. The van der Waals surface area contributed by atoms with Gasteiger partial charge in [0.1, 0.15) is 5.69 Å². The van der Waals surface area contributed by atoms with Gasteiger partial charge in [-0.25, -0.2) is 0 Å². The predicted molar refractivity (Wildman–Crippen MR) is 111 cm³/mol. The maximum absolute atomic E-state index is 12.4. The third kappa shape index (κ3) is 5.44. The number of nitrogens with one attached hydrogen (secondary N) is 1. The number of anilines is 1. The lowest BCUT2D eigenvalue weighted by atomic mass is 9.99. The fourth-order valence-corrected chi connectivity index (χ4v) is 4.11. The van der Waals surface area contributed by atoms with Crippen molar-refractivity contribution in [2.24, 2.45) is 5.92 Å². The molecule has 154 valence electrons. The largest absolute Gasteiger partial charge is 0.366 e. The van der Waals surface area contributed by atoms with E-state index in [1.807, 2.05) is 0 Å². The maximum atomic E-state index is 12.4. The molecule has 1 amide bonds. The monoisotopic (exact) mass is 388 g/mol. The number of hydrogen-bond donors (Lipinski definition) is 1. The van der Waals surface area contributed by atoms with Crippen LogP contribution in [0.25, 0.3) is 0 Å². The van der Waals surface area contributed by atoms with E-state index in [-0.39, 0.29) is 16.5 Å². The molecule has 1 N–H and O–H groups in total. The van der Waals surface area contributed by atoms with Gasteiger partial charge in [0.05, 0.1) is 4.92 Å². The summed E-state index contributed by atoms with van der Waals surface area (Å²) in [6.45, 7) is 7.82. The summed E-state index contributed by atoms with van der Waals surface area (Å²) in [6, 6.07) is 4.86. The van der Waals surface area contributed by atoms with Crippen LogP contribution in [0.2, 0.25) is 0 Å². The molecule has 0 aliphatic carbocycles. The molecule has 7 nitrogen and oxygen atoms in total. The van der Waals surface area contributed by atoms with Crippen LogP contribution in [0.5, 0.6) is 0 Å². The van der Waals surface area contributed by atoms with E-state index in [0.29, 0.717) is 17.8 Å². The molecule has 1 aromatic carbocycles. The Bertz CT molecular complexity index is 680. The molecule has 2 fully saturated rings. The number of piperidine rings is 2. The molecular formula is C21H32N4O3. The van der Waals surface area contributed by atoms with Crippen molar-refractivity contribution in [3.63, 3.8) is 0 Å². The molecule has 7 heteroatoms. The van der Waals surface area contributed by atoms with Gasteiger partial charge in [0, 0.05) is 31.3 Å². The number of amides is 1. The van der Waals surface area contributed by atoms with Gasteiger partial charge in [0.15, 0.2) is 0 Å². The minimum Gasteiger partial charge on any atom is -0.366 e. The molecule has 28 heavy (non-hydrogen) atoms. The number of nitro benzene ring substituents is 1. The number of likely N-dealkylation sites (tertiary alicyclic amines) is 1. The summed E-state index contributed by atoms with van der Waals surface area (Å²) in [5, 5.41) is 14.5. The summed E-state index contributed by atoms with van der Waals surface area (Å²) in [5.74, 6) is 0.584. The van der Waals surface area contributed by atoms with Crippen LogP contribution in [0.4, 0.5) is 11.4 Å². The van der Waals surface area contributed by atoms with Gasteiger partial charge in [-0.05, 0) is 76.2 Å². The van der Waals surface area contributed by atoms with E-state index in [9.17, 15) is 14.9 Å². The zero-order chi connectivity index (χ0) is 19.9. The highest BCUT2D eigenvalue weighted by Gasteiger charge is 2.23. The molecule has 0 radical (unpaired) electrons. The second-order valence-electron chi connectivity index (χ2n) is 8.14. The molecule has 2 aliphatic rings. The summed E-state index contributed by atoms with van der Waals surface area (Å²) in [4.78, 5) is 28.1. The second kappa shape index (κ2) is 9.87. The average molecular weight is 389 g/mol. The zero-order valence-electron chi connectivity index (χ0n) is 16.9. The van der Waals surface area contributed by atoms with Crippen LogP contribution >= 0.6 is 0 Å². The van der Waals surface area contributed by atoms with Gasteiger partial charge in [0.2, 0.25) is 0 Å². The minimum absolute atomic E-state index is 0.0250. The van der Waals surface area contributed by atoms with Crippen LogP contribution in [0.15, 0.2) is 18.2 Å². The van der Waals surface area contributed by atoms with E-state index < -0.39 is 0 Å². The molecule has 1 aromatic rings. The van der Waals surface area contributed by atoms with Crippen LogP contribution < -0.4 is 10.2 Å². The lowest BCUT2D eigenvalue weighted by Gasteiger charge is -2.30. The fraction of sp³-hybridized carbons (Fsp3) is 0.667. The van der Waals surface area contributed by atoms with Crippen LogP contribution in [0, 0.1) is 16.0 Å². The van der Waals surface area contributed by atoms with E-state index in [1.54, 1.807) is 12.1 Å². The van der Waals surface area contributed by atoms with E-state index in [2.05, 4.69) is 22.0 Å². The van der Waals surface area contributed by atoms with Crippen molar-refractivity contribution in [2.45, 2.75) is 45.4 Å². The highest BCUT2D eigenvalue weighted by molar-refractivity contribution is 5.95. The van der Waals surface area contributed by atoms with Crippen molar-refractivity contribution in [2.75, 3.05) is 44.2 Å². The molecule has 0 aromatic heterocycles. The topological polar surface area (TPSA) is 78.7 Å². The Balaban J connectivity index is 1.53. The van der Waals surface area contributed by atoms with Crippen LogP contribution in [0.1, 0.15) is 55.8 Å². The number of hydrogen-bond acceptors (Lipinski definition) is 5. The molecule has 0 spiro atoms. The SMILES string of the molecule is CC1CCN(CCCNC(=O)c2ccc(N3CCCCC3)c([N+](=O)[O-])c2)CC1. The number of benzene rings is 1. The van der Waals surface area contributed by atoms with Crippen molar-refractivity contribution < 1.29 is 9.72 Å². The van der Waals surface area contributed by atoms with E-state index in [1.165, 1.54) is 25.3 Å². The molecule has 2 saturated heterocycles. The Morgan fingerprint density at radius 2 is 1.89 bits per heavy atom. The number of carbonyl (C=O) groups is 1.